The number of nitrogens with one attached hydrogen (secondary N) is 1. The molecule has 0 saturated heterocycles. The molecule has 0 radical (unpaired) electrons. The lowest BCUT2D eigenvalue weighted by Gasteiger charge is -2.11. The normalized spacial score (nSPS) is 11.0. The first-order valence-corrected chi connectivity index (χ1v) is 8.07. The molecule has 1 heterocycles. The van der Waals surface area contributed by atoms with Crippen LogP contribution in [0.25, 0.3) is 5.69 Å². The summed E-state index contributed by atoms with van der Waals surface area (Å²) in [7, 11) is 1.72. The third-order valence-electron chi connectivity index (χ3n) is 3.32. The van der Waals surface area contributed by atoms with Crippen LogP contribution in [0.3, 0.4) is 0 Å². The minimum atomic E-state index is 0.724. The molecule has 1 N–H and O–H groups in total. The average molecular weight is 352 g/mol. The van der Waals surface area contributed by atoms with Crippen LogP contribution in [-0.2, 0) is 17.7 Å². The van der Waals surface area contributed by atoms with Gasteiger partial charge in [-0.25, -0.2) is 4.68 Å². The average Bonchev–Trinajstić information content (AvgIpc) is 2.88. The van der Waals surface area contributed by atoms with E-state index in [0.717, 1.165) is 42.7 Å². The molecule has 1 aromatic carbocycles. The second kappa shape index (κ2) is 8.32. The second-order valence-corrected chi connectivity index (χ2v) is 5.75. The molecule has 0 bridgehead atoms. The van der Waals surface area contributed by atoms with Gasteiger partial charge in [-0.2, -0.15) is 5.10 Å². The Kier molecular flexibility index (Phi) is 6.42. The fraction of sp³-hybridized carbons (Fsp3) is 0.438. The van der Waals surface area contributed by atoms with E-state index in [2.05, 4.69) is 39.3 Å². The highest BCUT2D eigenvalue weighted by molar-refractivity contribution is 9.10. The summed E-state index contributed by atoms with van der Waals surface area (Å²) in [6.45, 7) is 4.59. The van der Waals surface area contributed by atoms with E-state index in [1.54, 1.807) is 7.11 Å². The van der Waals surface area contributed by atoms with E-state index in [-0.39, 0.29) is 0 Å². The summed E-state index contributed by atoms with van der Waals surface area (Å²) < 4.78 is 8.16. The first kappa shape index (κ1) is 16.2. The molecule has 1 aromatic heterocycles. The van der Waals surface area contributed by atoms with Crippen LogP contribution >= 0.6 is 15.9 Å². The second-order valence-electron chi connectivity index (χ2n) is 4.90. The molecule has 0 saturated carbocycles. The highest BCUT2D eigenvalue weighted by Crippen LogP contribution is 2.23. The van der Waals surface area contributed by atoms with Crippen LogP contribution in [0.15, 0.2) is 34.9 Å². The SMILES string of the molecule is CCCc1c(CNCCOC)cnn1-c1ccccc1Br. The van der Waals surface area contributed by atoms with Gasteiger partial charge in [0.15, 0.2) is 0 Å². The van der Waals surface area contributed by atoms with Gasteiger partial charge in [-0.3, -0.25) is 0 Å². The molecule has 0 amide bonds. The van der Waals surface area contributed by atoms with Crippen molar-refractivity contribution in [3.8, 4) is 5.69 Å². The molecule has 0 atom stereocenters. The maximum Gasteiger partial charge on any atom is 0.0790 e. The minimum Gasteiger partial charge on any atom is -0.383 e. The monoisotopic (exact) mass is 351 g/mol. The molecule has 0 aliphatic heterocycles. The molecule has 4 nitrogen and oxygen atoms in total. The zero-order chi connectivity index (χ0) is 15.1. The molecule has 5 heteroatoms. The third kappa shape index (κ3) is 4.15. The Bertz CT molecular complexity index is 568. The van der Waals surface area contributed by atoms with Gasteiger partial charge in [0.1, 0.15) is 0 Å². The maximum atomic E-state index is 5.06. The van der Waals surface area contributed by atoms with Crippen molar-refractivity contribution in [1.29, 1.82) is 0 Å². The number of halogens is 1. The topological polar surface area (TPSA) is 39.1 Å². The molecule has 0 fully saturated rings. The van der Waals surface area contributed by atoms with Crippen molar-refractivity contribution in [2.24, 2.45) is 0 Å². The lowest BCUT2D eigenvalue weighted by Crippen LogP contribution is -2.19. The Balaban J connectivity index is 2.22. The lowest BCUT2D eigenvalue weighted by molar-refractivity contribution is 0.199. The van der Waals surface area contributed by atoms with Crippen LogP contribution in [-0.4, -0.2) is 30.0 Å². The molecule has 2 rings (SSSR count). The molecule has 0 spiro atoms. The molecule has 2 aromatic rings. The smallest absolute Gasteiger partial charge is 0.0790 e. The van der Waals surface area contributed by atoms with Crippen LogP contribution in [0.5, 0.6) is 0 Å². The maximum absolute atomic E-state index is 5.06. The fourth-order valence-corrected chi connectivity index (χ4v) is 2.74. The number of methoxy groups -OCH3 is 1. The summed E-state index contributed by atoms with van der Waals surface area (Å²) in [6.07, 6.45) is 4.08. The summed E-state index contributed by atoms with van der Waals surface area (Å²) in [5.74, 6) is 0. The highest BCUT2D eigenvalue weighted by atomic mass is 79.9. The van der Waals surface area contributed by atoms with Crippen LogP contribution in [0, 0.1) is 0 Å². The van der Waals surface area contributed by atoms with Gasteiger partial charge < -0.3 is 10.1 Å². The summed E-state index contributed by atoms with van der Waals surface area (Å²) in [5, 5.41) is 7.97. The number of nitrogens with zero attached hydrogens (tertiary/aromatic N) is 2. The standard InChI is InChI=1S/C16H22BrN3O/c1-3-6-15-13(11-18-9-10-21-2)12-19-20(15)16-8-5-4-7-14(16)17/h4-5,7-8,12,18H,3,6,9-11H2,1-2H3. The summed E-state index contributed by atoms with van der Waals surface area (Å²) in [5.41, 5.74) is 3.61. The predicted octanol–water partition coefficient (Wildman–Crippen LogP) is 3.32. The lowest BCUT2D eigenvalue weighted by atomic mass is 10.1. The predicted molar refractivity (Wildman–Crippen MR) is 88.8 cm³/mol. The number of hydrogen-bond donors (Lipinski definition) is 1. The van der Waals surface area contributed by atoms with Crippen LogP contribution in [0.4, 0.5) is 0 Å². The van der Waals surface area contributed by atoms with Gasteiger partial charge in [0, 0.05) is 35.9 Å². The van der Waals surface area contributed by atoms with Gasteiger partial charge in [0.2, 0.25) is 0 Å². The zero-order valence-electron chi connectivity index (χ0n) is 12.6. The van der Waals surface area contributed by atoms with Crippen LogP contribution in [0.2, 0.25) is 0 Å². The van der Waals surface area contributed by atoms with Gasteiger partial charge >= 0.3 is 0 Å². The van der Waals surface area contributed by atoms with Crippen molar-refractivity contribution in [2.75, 3.05) is 20.3 Å². The molecular formula is C16H22BrN3O. The molecule has 0 aliphatic rings. The summed E-state index contributed by atoms with van der Waals surface area (Å²) >= 11 is 3.61. The van der Waals surface area contributed by atoms with Crippen molar-refractivity contribution < 1.29 is 4.74 Å². The Hall–Kier alpha value is -1.17. The third-order valence-corrected chi connectivity index (χ3v) is 3.99. The zero-order valence-corrected chi connectivity index (χ0v) is 14.2. The number of rotatable bonds is 8. The molecular weight excluding hydrogens is 330 g/mol. The summed E-state index contributed by atoms with van der Waals surface area (Å²) in [4.78, 5) is 0. The van der Waals surface area contributed by atoms with Crippen molar-refractivity contribution in [3.63, 3.8) is 0 Å². The van der Waals surface area contributed by atoms with Gasteiger partial charge in [0.05, 0.1) is 18.5 Å². The van der Waals surface area contributed by atoms with E-state index < -0.39 is 0 Å². The van der Waals surface area contributed by atoms with Gasteiger partial charge in [-0.1, -0.05) is 25.5 Å². The van der Waals surface area contributed by atoms with E-state index in [0.29, 0.717) is 0 Å². The van der Waals surface area contributed by atoms with Crippen molar-refractivity contribution >= 4 is 15.9 Å². The number of para-hydroxylation sites is 1. The van der Waals surface area contributed by atoms with Gasteiger partial charge in [-0.15, -0.1) is 0 Å². The Morgan fingerprint density at radius 3 is 2.86 bits per heavy atom. The van der Waals surface area contributed by atoms with E-state index in [1.807, 2.05) is 29.1 Å². The Morgan fingerprint density at radius 1 is 1.33 bits per heavy atom. The number of benzene rings is 1. The van der Waals surface area contributed by atoms with Gasteiger partial charge in [0.25, 0.3) is 0 Å². The Labute approximate surface area is 134 Å². The Morgan fingerprint density at radius 2 is 2.14 bits per heavy atom. The number of aromatic nitrogens is 2. The van der Waals surface area contributed by atoms with E-state index in [9.17, 15) is 0 Å². The molecule has 0 aliphatic carbocycles. The van der Waals surface area contributed by atoms with E-state index in [1.165, 1.54) is 11.3 Å². The molecule has 21 heavy (non-hydrogen) atoms. The highest BCUT2D eigenvalue weighted by Gasteiger charge is 2.12. The first-order valence-electron chi connectivity index (χ1n) is 7.28. The molecule has 0 unspecified atom stereocenters. The quantitative estimate of drug-likeness (QED) is 0.741. The van der Waals surface area contributed by atoms with E-state index in [4.69, 9.17) is 4.74 Å². The number of ether oxygens (including phenoxy) is 1. The van der Waals surface area contributed by atoms with Gasteiger partial charge in [-0.05, 0) is 34.5 Å². The largest absolute Gasteiger partial charge is 0.383 e. The van der Waals surface area contributed by atoms with Crippen LogP contribution < -0.4 is 5.32 Å². The van der Waals surface area contributed by atoms with Crippen molar-refractivity contribution in [3.05, 3.63) is 46.2 Å². The number of hydrogen-bond acceptors (Lipinski definition) is 3. The van der Waals surface area contributed by atoms with Crippen molar-refractivity contribution in [1.82, 2.24) is 15.1 Å². The molecule has 114 valence electrons. The van der Waals surface area contributed by atoms with Crippen LogP contribution in [0.1, 0.15) is 24.6 Å². The first-order chi connectivity index (χ1) is 10.3. The fourth-order valence-electron chi connectivity index (χ4n) is 2.29. The van der Waals surface area contributed by atoms with E-state index >= 15 is 0 Å². The summed E-state index contributed by atoms with van der Waals surface area (Å²) in [6, 6.07) is 8.18. The van der Waals surface area contributed by atoms with Crippen molar-refractivity contribution in [2.45, 2.75) is 26.3 Å². The minimum absolute atomic E-state index is 0.724.